The molecule has 11 nitrogen and oxygen atoms in total. The average Bonchev–Trinajstić information content (AvgIpc) is 3.77. The maximum atomic E-state index is 14.0. The number of benzene rings is 1. The smallest absolute Gasteiger partial charge is 0.341 e. The van der Waals surface area contributed by atoms with Gasteiger partial charge in [0.1, 0.15) is 51.6 Å². The molecule has 6 heterocycles. The molecule has 264 valence electrons. The Labute approximate surface area is 291 Å². The second kappa shape index (κ2) is 13.2. The number of phenolic OH excluding ortho intramolecular Hbond substituents is 1. The number of nitrogens with two attached hydrogens (primary N) is 1. The van der Waals surface area contributed by atoms with Gasteiger partial charge in [-0.25, -0.2) is 14.8 Å². The number of nitrogens with zero attached hydrogens (tertiary/aromatic N) is 2. The third-order valence-corrected chi connectivity index (χ3v) is 10.4. The number of carbonyl (C=O) groups is 1. The van der Waals surface area contributed by atoms with Crippen LogP contribution in [0.3, 0.4) is 0 Å². The van der Waals surface area contributed by atoms with E-state index in [-0.39, 0.29) is 34.2 Å². The van der Waals surface area contributed by atoms with Gasteiger partial charge in [-0.05, 0) is 89.1 Å². The van der Waals surface area contributed by atoms with Crippen LogP contribution in [0.1, 0.15) is 94.9 Å². The Morgan fingerprint density at radius 3 is 2.76 bits per heavy atom. The van der Waals surface area contributed by atoms with E-state index in [4.69, 9.17) is 24.4 Å². The minimum atomic E-state index is -1.04. The number of epoxide rings is 1. The Morgan fingerprint density at radius 2 is 1.94 bits per heavy atom. The van der Waals surface area contributed by atoms with E-state index in [1.54, 1.807) is 19.2 Å². The Morgan fingerprint density at radius 1 is 1.10 bits per heavy atom. The van der Waals surface area contributed by atoms with Gasteiger partial charge < -0.3 is 34.8 Å². The molecule has 4 unspecified atom stereocenters. The van der Waals surface area contributed by atoms with Crippen LogP contribution in [0.25, 0.3) is 22.2 Å². The van der Waals surface area contributed by atoms with E-state index in [1.807, 2.05) is 38.1 Å². The van der Waals surface area contributed by atoms with Gasteiger partial charge in [0.25, 0.3) is 0 Å². The summed E-state index contributed by atoms with van der Waals surface area (Å²) in [6, 6.07) is 10.8. The van der Waals surface area contributed by atoms with Crippen LogP contribution in [0.15, 0.2) is 51.8 Å². The molecule has 7 rings (SSSR count). The monoisotopic (exact) mass is 682 g/mol. The normalized spacial score (nSPS) is 23.9. The van der Waals surface area contributed by atoms with E-state index < -0.39 is 23.3 Å². The van der Waals surface area contributed by atoms with Gasteiger partial charge in [-0.1, -0.05) is 26.2 Å². The highest BCUT2D eigenvalue weighted by molar-refractivity contribution is 5.88. The number of ether oxygens (including phenoxy) is 3. The molecule has 4 aromatic rings. The van der Waals surface area contributed by atoms with E-state index in [0.717, 1.165) is 54.9 Å². The highest BCUT2D eigenvalue weighted by atomic mass is 16.7. The zero-order valence-electron chi connectivity index (χ0n) is 29.2. The number of hydrogen-bond donors (Lipinski definition) is 3. The fourth-order valence-corrected chi connectivity index (χ4v) is 7.81. The summed E-state index contributed by atoms with van der Waals surface area (Å²) in [5.41, 5.74) is 7.41. The molecule has 0 radical (unpaired) electrons. The van der Waals surface area contributed by atoms with E-state index in [2.05, 4.69) is 22.2 Å². The lowest BCUT2D eigenvalue weighted by molar-refractivity contribution is -0.170. The van der Waals surface area contributed by atoms with Crippen LogP contribution in [0, 0.1) is 6.92 Å². The average molecular weight is 683 g/mol. The number of fused-ring (bicyclic) bond motifs is 4. The van der Waals surface area contributed by atoms with E-state index in [0.29, 0.717) is 48.6 Å². The van der Waals surface area contributed by atoms with Crippen LogP contribution >= 0.6 is 0 Å². The van der Waals surface area contributed by atoms with Crippen molar-refractivity contribution in [3.8, 4) is 22.8 Å². The molecule has 0 aliphatic carbocycles. The lowest BCUT2D eigenvalue weighted by Gasteiger charge is -2.44. The molecule has 3 aromatic heterocycles. The molecule has 11 heteroatoms. The highest BCUT2D eigenvalue weighted by Crippen LogP contribution is 2.53. The first-order valence-corrected chi connectivity index (χ1v) is 17.8. The fraction of sp³-hybridized carbons (Fsp3) is 0.487. The summed E-state index contributed by atoms with van der Waals surface area (Å²) in [4.78, 5) is 36.0. The molecule has 1 aromatic carbocycles. The Kier molecular flexibility index (Phi) is 8.96. The van der Waals surface area contributed by atoms with Gasteiger partial charge in [-0.2, -0.15) is 0 Å². The van der Waals surface area contributed by atoms with Gasteiger partial charge in [0.2, 0.25) is 0 Å². The third kappa shape index (κ3) is 6.39. The van der Waals surface area contributed by atoms with Gasteiger partial charge in [-0.3, -0.25) is 4.79 Å². The molecule has 3 aliphatic rings. The van der Waals surface area contributed by atoms with Crippen molar-refractivity contribution in [1.82, 2.24) is 9.97 Å². The highest BCUT2D eigenvalue weighted by Gasteiger charge is 2.64. The molecule has 3 aliphatic heterocycles. The van der Waals surface area contributed by atoms with Crippen molar-refractivity contribution in [1.29, 1.82) is 0 Å². The number of pyridine rings is 2. The van der Waals surface area contributed by atoms with Crippen molar-refractivity contribution in [2.45, 2.75) is 115 Å². The minimum Gasteiger partial charge on any atom is -0.507 e. The number of phenols is 1. The molecule has 1 spiro atoms. The van der Waals surface area contributed by atoms with Crippen molar-refractivity contribution in [2.75, 3.05) is 17.6 Å². The lowest BCUT2D eigenvalue weighted by Crippen LogP contribution is -2.52. The van der Waals surface area contributed by atoms with Crippen LogP contribution < -0.4 is 21.2 Å². The molecule has 4 atom stereocenters. The summed E-state index contributed by atoms with van der Waals surface area (Å²) in [5.74, 6) is 1.13. The summed E-state index contributed by atoms with van der Waals surface area (Å²) < 4.78 is 24.7. The quantitative estimate of drug-likeness (QED) is 0.0950. The molecule has 4 N–H and O–H groups in total. The number of carbonyl (C=O) groups excluding carboxylic acids is 1. The van der Waals surface area contributed by atoms with Crippen molar-refractivity contribution in [3.05, 3.63) is 69.7 Å². The number of aryl methyl sites for hydroxylation is 2. The van der Waals surface area contributed by atoms with Crippen LogP contribution in [-0.4, -0.2) is 51.0 Å². The minimum absolute atomic E-state index is 0.105. The molecular formula is C39H46N4O7. The summed E-state index contributed by atoms with van der Waals surface area (Å²) in [5, 5.41) is 15.0. The number of hydrogen-bond acceptors (Lipinski definition) is 11. The summed E-state index contributed by atoms with van der Waals surface area (Å²) in [6.45, 7) is 8.49. The molecule has 0 amide bonds. The van der Waals surface area contributed by atoms with Crippen molar-refractivity contribution in [3.63, 3.8) is 0 Å². The van der Waals surface area contributed by atoms with E-state index in [1.165, 1.54) is 12.5 Å². The number of anilines is 2. The zero-order chi connectivity index (χ0) is 35.2. The molecule has 2 saturated heterocycles. The Bertz CT molecular complexity index is 1990. The van der Waals surface area contributed by atoms with E-state index >= 15 is 0 Å². The van der Waals surface area contributed by atoms with Crippen molar-refractivity contribution < 1.29 is 28.5 Å². The molecule has 0 bridgehead atoms. The summed E-state index contributed by atoms with van der Waals surface area (Å²) in [7, 11) is 0. The van der Waals surface area contributed by atoms with Gasteiger partial charge in [-0.15, -0.1) is 0 Å². The van der Waals surface area contributed by atoms with Gasteiger partial charge in [0.15, 0.2) is 11.0 Å². The second-order valence-corrected chi connectivity index (χ2v) is 14.5. The summed E-state index contributed by atoms with van der Waals surface area (Å²) >= 11 is 0. The number of rotatable bonds is 9. The van der Waals surface area contributed by atoms with Crippen LogP contribution in [0.4, 0.5) is 11.6 Å². The van der Waals surface area contributed by atoms with E-state index in [9.17, 15) is 14.7 Å². The Hall–Kier alpha value is -4.64. The third-order valence-electron chi connectivity index (χ3n) is 10.4. The SMILES string of the molecule is CCCCCNc1cc(-c2cc(CCC3OC34CCCCC3c5c(cc6oc(C)cc(=O)c6c5O)OC(C)(C)C3OC4=O)cc(N)n2)ccn1. The topological polar surface area (TPSA) is 162 Å². The first kappa shape index (κ1) is 33.8. The van der Waals surface area contributed by atoms with Gasteiger partial charge in [0, 0.05) is 41.9 Å². The number of aromatic nitrogens is 2. The first-order chi connectivity index (χ1) is 24.0. The predicted molar refractivity (Wildman–Crippen MR) is 191 cm³/mol. The standard InChI is InChI=1S/C39H46N4O7/c1-5-6-9-15-41-32-20-24(13-16-42-32)26-18-23(19-31(40)43-26)11-12-30-39(50-30)14-8-7-10-25-33-29(49-38(3,4)36(25)48-37(39)46)21-28-34(35(33)45)27(44)17-22(2)47-28/h13,16-21,25,30,36,45H,5-12,14-15H2,1-4H3,(H2,40,43)(H,41,42). The second-order valence-electron chi connectivity index (χ2n) is 14.5. The van der Waals surface area contributed by atoms with Gasteiger partial charge in [0.05, 0.1) is 11.8 Å². The zero-order valence-corrected chi connectivity index (χ0v) is 29.2. The molecule has 0 saturated carbocycles. The largest absolute Gasteiger partial charge is 0.507 e. The van der Waals surface area contributed by atoms with Gasteiger partial charge >= 0.3 is 5.97 Å². The van der Waals surface area contributed by atoms with Crippen molar-refractivity contribution in [2.24, 2.45) is 0 Å². The maximum Gasteiger partial charge on any atom is 0.341 e. The number of nitrogen functional groups attached to an aromatic ring is 1. The maximum absolute atomic E-state index is 14.0. The van der Waals surface area contributed by atoms with Crippen molar-refractivity contribution >= 4 is 28.6 Å². The first-order valence-electron chi connectivity index (χ1n) is 17.8. The number of nitrogens with one attached hydrogen (secondary N) is 1. The Balaban J connectivity index is 1.08. The summed E-state index contributed by atoms with van der Waals surface area (Å²) in [6.07, 6.45) is 8.10. The number of aromatic hydroxyl groups is 1. The van der Waals surface area contributed by atoms with Crippen LogP contribution in [0.2, 0.25) is 0 Å². The molecular weight excluding hydrogens is 636 g/mol. The van der Waals surface area contributed by atoms with Crippen LogP contribution in [-0.2, 0) is 20.7 Å². The lowest BCUT2D eigenvalue weighted by atomic mass is 9.77. The predicted octanol–water partition coefficient (Wildman–Crippen LogP) is 6.96. The fourth-order valence-electron chi connectivity index (χ4n) is 7.81. The number of unbranched alkanes of at least 4 members (excludes halogenated alkanes) is 2. The van der Waals surface area contributed by atoms with Crippen LogP contribution in [0.5, 0.6) is 11.5 Å². The molecule has 50 heavy (non-hydrogen) atoms. The molecule has 2 fully saturated rings. The number of esters is 1.